The van der Waals surface area contributed by atoms with Crippen LogP contribution in [0.1, 0.15) is 56.7 Å². The summed E-state index contributed by atoms with van der Waals surface area (Å²) in [4.78, 5) is 4.23. The van der Waals surface area contributed by atoms with Crippen LogP contribution in [-0.4, -0.2) is 4.98 Å². The highest BCUT2D eigenvalue weighted by atomic mass is 16.4. The number of furan rings is 1. The van der Waals surface area contributed by atoms with Crippen LogP contribution in [0.3, 0.4) is 0 Å². The Morgan fingerprint density at radius 2 is 1.67 bits per heavy atom. The number of rotatable bonds is 2. The van der Waals surface area contributed by atoms with Gasteiger partial charge in [0.15, 0.2) is 11.5 Å². The largest absolute Gasteiger partial charge is 0.440 e. The Balaban J connectivity index is 2.71. The van der Waals surface area contributed by atoms with E-state index in [0.717, 1.165) is 11.3 Å². The lowest BCUT2D eigenvalue weighted by molar-refractivity contribution is 0.499. The summed E-state index contributed by atoms with van der Waals surface area (Å²) in [7, 11) is 0. The molecule has 0 spiro atoms. The molecule has 0 aliphatic carbocycles. The minimum atomic E-state index is 0.368. The van der Waals surface area contributed by atoms with Gasteiger partial charge in [0.05, 0.1) is 0 Å². The molecule has 0 atom stereocenters. The molecule has 2 rings (SSSR count). The van der Waals surface area contributed by atoms with Gasteiger partial charge in [0, 0.05) is 18.4 Å². The van der Waals surface area contributed by atoms with Crippen LogP contribution in [0, 0.1) is 6.92 Å². The van der Waals surface area contributed by atoms with E-state index in [1.54, 1.807) is 0 Å². The zero-order chi connectivity index (χ0) is 11.2. The quantitative estimate of drug-likeness (QED) is 0.747. The van der Waals surface area contributed by atoms with E-state index in [2.05, 4.69) is 32.7 Å². The van der Waals surface area contributed by atoms with Crippen LogP contribution >= 0.6 is 0 Å². The van der Waals surface area contributed by atoms with Crippen molar-refractivity contribution >= 4 is 11.3 Å². The predicted molar refractivity (Wildman–Crippen MR) is 59.2 cm³/mol. The van der Waals surface area contributed by atoms with Crippen molar-refractivity contribution in [1.29, 1.82) is 0 Å². The average molecular weight is 207 g/mol. The van der Waals surface area contributed by atoms with Crippen molar-refractivity contribution in [3.63, 3.8) is 0 Å². The van der Waals surface area contributed by atoms with Gasteiger partial charge in [0.2, 0.25) is 0 Å². The molecule has 0 unspecified atom stereocenters. The highest BCUT2D eigenvalue weighted by molar-refractivity contribution is 5.73. The summed E-state index contributed by atoms with van der Waals surface area (Å²) in [5.74, 6) is 2.44. The number of hydrogen-bond acceptors (Lipinski definition) is 3. The molecule has 2 heterocycles. The monoisotopic (exact) mass is 207 g/mol. The van der Waals surface area contributed by atoms with Gasteiger partial charge in [-0.2, -0.15) is 4.98 Å². The smallest absolute Gasteiger partial charge is 0.266 e. The molecule has 82 valence electrons. The number of aryl methyl sites for hydroxylation is 1. The van der Waals surface area contributed by atoms with Crippen LogP contribution < -0.4 is 0 Å². The van der Waals surface area contributed by atoms with Crippen molar-refractivity contribution < 1.29 is 8.83 Å². The minimum absolute atomic E-state index is 0.368. The topological polar surface area (TPSA) is 39.2 Å². The number of hydrogen-bond donors (Lipinski definition) is 0. The molecule has 0 aliphatic heterocycles. The molecular formula is C12H17NO2. The Bertz CT molecular complexity index is 477. The van der Waals surface area contributed by atoms with Crippen molar-refractivity contribution in [2.24, 2.45) is 0 Å². The second-order valence-corrected chi connectivity index (χ2v) is 4.56. The maximum atomic E-state index is 5.74. The molecule has 0 aliphatic rings. The molecule has 3 nitrogen and oxygen atoms in total. The normalized spacial score (nSPS) is 12.2. The summed E-state index contributed by atoms with van der Waals surface area (Å²) in [6, 6.07) is 0. The van der Waals surface area contributed by atoms with Crippen molar-refractivity contribution in [3.8, 4) is 0 Å². The lowest BCUT2D eigenvalue weighted by Crippen LogP contribution is -1.94. The first-order chi connectivity index (χ1) is 7.00. The van der Waals surface area contributed by atoms with E-state index in [-0.39, 0.29) is 0 Å². The molecule has 2 aromatic heterocycles. The van der Waals surface area contributed by atoms with Crippen molar-refractivity contribution in [1.82, 2.24) is 4.98 Å². The Kier molecular flexibility index (Phi) is 2.33. The first-order valence-corrected chi connectivity index (χ1v) is 5.40. The highest BCUT2D eigenvalue weighted by Gasteiger charge is 2.23. The van der Waals surface area contributed by atoms with E-state index < -0.39 is 0 Å². The summed E-state index contributed by atoms with van der Waals surface area (Å²) >= 11 is 0. The molecular weight excluding hydrogens is 190 g/mol. The number of aromatic nitrogens is 1. The van der Waals surface area contributed by atoms with Gasteiger partial charge in [-0.3, -0.25) is 0 Å². The fourth-order valence-corrected chi connectivity index (χ4v) is 1.89. The molecule has 0 saturated carbocycles. The number of nitrogens with zero attached hydrogens (tertiary/aromatic N) is 1. The van der Waals surface area contributed by atoms with Crippen LogP contribution in [0.2, 0.25) is 0 Å². The van der Waals surface area contributed by atoms with Crippen LogP contribution in [0.25, 0.3) is 11.3 Å². The predicted octanol–water partition coefficient (Wildman–Crippen LogP) is 3.98. The Morgan fingerprint density at radius 3 is 2.20 bits per heavy atom. The maximum Gasteiger partial charge on any atom is 0.266 e. The molecule has 0 bridgehead atoms. The second-order valence-electron chi connectivity index (χ2n) is 4.56. The summed E-state index contributed by atoms with van der Waals surface area (Å²) in [5, 5.41) is 0. The SMILES string of the molecule is Cc1nc2oc(C(C)C)c(C(C)C)c2o1. The van der Waals surface area contributed by atoms with Crippen LogP contribution in [-0.2, 0) is 0 Å². The molecule has 0 saturated heterocycles. The molecule has 2 aromatic rings. The molecule has 0 N–H and O–H groups in total. The van der Waals surface area contributed by atoms with E-state index in [4.69, 9.17) is 8.83 Å². The van der Waals surface area contributed by atoms with Gasteiger partial charge in [-0.1, -0.05) is 27.7 Å². The summed E-state index contributed by atoms with van der Waals surface area (Å²) < 4.78 is 11.3. The van der Waals surface area contributed by atoms with E-state index in [1.807, 2.05) is 6.92 Å². The van der Waals surface area contributed by atoms with Gasteiger partial charge in [0.25, 0.3) is 5.71 Å². The Labute approximate surface area is 89.5 Å². The minimum Gasteiger partial charge on any atom is -0.440 e. The first-order valence-electron chi connectivity index (χ1n) is 5.40. The Morgan fingerprint density at radius 1 is 1.00 bits per heavy atom. The number of fused-ring (bicyclic) bond motifs is 1. The van der Waals surface area contributed by atoms with Crippen LogP contribution in [0.5, 0.6) is 0 Å². The van der Waals surface area contributed by atoms with Crippen LogP contribution in [0.4, 0.5) is 0 Å². The van der Waals surface area contributed by atoms with E-state index in [1.165, 1.54) is 5.56 Å². The third-order valence-electron chi connectivity index (χ3n) is 2.52. The maximum absolute atomic E-state index is 5.74. The van der Waals surface area contributed by atoms with Gasteiger partial charge in [-0.25, -0.2) is 0 Å². The lowest BCUT2D eigenvalue weighted by Gasteiger charge is -2.07. The van der Waals surface area contributed by atoms with Gasteiger partial charge in [-0.05, 0) is 5.92 Å². The lowest BCUT2D eigenvalue weighted by atomic mass is 9.98. The second kappa shape index (κ2) is 3.40. The van der Waals surface area contributed by atoms with Crippen LogP contribution in [0.15, 0.2) is 8.83 Å². The Hall–Kier alpha value is -1.25. The summed E-state index contributed by atoms with van der Waals surface area (Å²) in [6.07, 6.45) is 0. The summed E-state index contributed by atoms with van der Waals surface area (Å²) in [5.41, 5.74) is 2.63. The standard InChI is InChI=1S/C12H17NO2/c1-6(2)9-10(7(3)4)15-12-11(9)14-8(5)13-12/h6-7H,1-5H3. The van der Waals surface area contributed by atoms with Gasteiger partial charge in [-0.15, -0.1) is 0 Å². The van der Waals surface area contributed by atoms with E-state index in [9.17, 15) is 0 Å². The van der Waals surface area contributed by atoms with Gasteiger partial charge < -0.3 is 8.83 Å². The zero-order valence-corrected chi connectivity index (χ0v) is 9.92. The molecule has 0 amide bonds. The van der Waals surface area contributed by atoms with Gasteiger partial charge >= 0.3 is 0 Å². The molecule has 0 aromatic carbocycles. The van der Waals surface area contributed by atoms with Gasteiger partial charge in [0.1, 0.15) is 5.76 Å². The third-order valence-corrected chi connectivity index (χ3v) is 2.52. The zero-order valence-electron chi connectivity index (χ0n) is 9.92. The third kappa shape index (κ3) is 1.56. The van der Waals surface area contributed by atoms with E-state index in [0.29, 0.717) is 23.4 Å². The first kappa shape index (κ1) is 10.3. The fraction of sp³-hybridized carbons (Fsp3) is 0.583. The van der Waals surface area contributed by atoms with Crippen molar-refractivity contribution in [3.05, 3.63) is 17.2 Å². The fourth-order valence-electron chi connectivity index (χ4n) is 1.89. The molecule has 15 heavy (non-hydrogen) atoms. The van der Waals surface area contributed by atoms with Crippen molar-refractivity contribution in [2.75, 3.05) is 0 Å². The highest BCUT2D eigenvalue weighted by Crippen LogP contribution is 2.35. The summed E-state index contributed by atoms with van der Waals surface area (Å²) in [6.45, 7) is 10.4. The number of oxazole rings is 1. The van der Waals surface area contributed by atoms with E-state index >= 15 is 0 Å². The molecule has 3 heteroatoms. The molecule has 0 fully saturated rings. The van der Waals surface area contributed by atoms with Crippen molar-refractivity contribution in [2.45, 2.75) is 46.5 Å². The average Bonchev–Trinajstić information content (AvgIpc) is 2.58. The molecule has 0 radical (unpaired) electrons.